The molecule has 0 spiro atoms. The van der Waals surface area contributed by atoms with Gasteiger partial charge in [0.1, 0.15) is 0 Å². The second-order valence-electron chi connectivity index (χ2n) is 2.51. The van der Waals surface area contributed by atoms with Gasteiger partial charge in [-0.05, 0) is 18.2 Å². The summed E-state index contributed by atoms with van der Waals surface area (Å²) in [5.74, 6) is 5.62. The molecule has 1 rings (SSSR count). The molecule has 3 N–H and O–H groups in total. The van der Waals surface area contributed by atoms with Crippen molar-refractivity contribution in [2.24, 2.45) is 0 Å². The second kappa shape index (κ2) is 4.76. The summed E-state index contributed by atoms with van der Waals surface area (Å²) >= 11 is 5.76. The molecule has 0 fully saturated rings. The van der Waals surface area contributed by atoms with Crippen molar-refractivity contribution >= 4 is 17.3 Å². The van der Waals surface area contributed by atoms with Gasteiger partial charge in [-0.3, -0.25) is 0 Å². The Kier molecular flexibility index (Phi) is 3.63. The van der Waals surface area contributed by atoms with Crippen molar-refractivity contribution in [1.82, 2.24) is 0 Å². The molecule has 0 radical (unpaired) electrons. The number of benzene rings is 1. The highest BCUT2D eigenvalue weighted by molar-refractivity contribution is 6.30. The van der Waals surface area contributed by atoms with Gasteiger partial charge in [-0.2, -0.15) is 0 Å². The van der Waals surface area contributed by atoms with E-state index in [-0.39, 0.29) is 6.61 Å². The molecule has 2 nitrogen and oxygen atoms in total. The summed E-state index contributed by atoms with van der Waals surface area (Å²) in [6.07, 6.45) is 0.450. The Morgan fingerprint density at radius 2 is 2.23 bits per heavy atom. The van der Waals surface area contributed by atoms with Gasteiger partial charge in [-0.25, -0.2) is 0 Å². The standard InChI is InChI=1S/C10H10ClNO/c11-9-4-5-10(12)8(7-9)3-1-2-6-13/h4-5,7,13H,2,6,12H2. The predicted octanol–water partition coefficient (Wildman–Crippen LogP) is 1.66. The van der Waals surface area contributed by atoms with Crippen molar-refractivity contribution in [2.75, 3.05) is 12.3 Å². The number of hydrogen-bond donors (Lipinski definition) is 2. The largest absolute Gasteiger partial charge is 0.398 e. The topological polar surface area (TPSA) is 46.2 Å². The lowest BCUT2D eigenvalue weighted by Gasteiger charge is -1.97. The number of rotatable bonds is 1. The summed E-state index contributed by atoms with van der Waals surface area (Å²) in [6, 6.07) is 5.14. The van der Waals surface area contributed by atoms with E-state index in [4.69, 9.17) is 22.4 Å². The van der Waals surface area contributed by atoms with E-state index < -0.39 is 0 Å². The average molecular weight is 196 g/mol. The van der Waals surface area contributed by atoms with Crippen molar-refractivity contribution in [3.63, 3.8) is 0 Å². The van der Waals surface area contributed by atoms with Crippen LogP contribution in [-0.4, -0.2) is 11.7 Å². The van der Waals surface area contributed by atoms with Crippen LogP contribution in [0.3, 0.4) is 0 Å². The van der Waals surface area contributed by atoms with Gasteiger partial charge in [-0.1, -0.05) is 23.4 Å². The molecule has 68 valence electrons. The molecule has 0 atom stereocenters. The van der Waals surface area contributed by atoms with Gasteiger partial charge in [0.25, 0.3) is 0 Å². The van der Waals surface area contributed by atoms with Crippen molar-refractivity contribution < 1.29 is 5.11 Å². The van der Waals surface area contributed by atoms with Gasteiger partial charge in [-0.15, -0.1) is 0 Å². The van der Waals surface area contributed by atoms with E-state index in [1.54, 1.807) is 18.2 Å². The minimum atomic E-state index is 0.0630. The van der Waals surface area contributed by atoms with Crippen LogP contribution in [0, 0.1) is 11.8 Å². The Morgan fingerprint density at radius 1 is 1.46 bits per heavy atom. The van der Waals surface area contributed by atoms with E-state index in [1.165, 1.54) is 0 Å². The van der Waals surface area contributed by atoms with E-state index in [0.717, 1.165) is 0 Å². The first-order chi connectivity index (χ1) is 6.24. The van der Waals surface area contributed by atoms with Crippen LogP contribution in [0.1, 0.15) is 12.0 Å². The first-order valence-electron chi connectivity index (χ1n) is 3.89. The lowest BCUT2D eigenvalue weighted by atomic mass is 10.2. The zero-order chi connectivity index (χ0) is 9.68. The average Bonchev–Trinajstić information content (AvgIpc) is 2.11. The molecular formula is C10H10ClNO. The zero-order valence-electron chi connectivity index (χ0n) is 7.05. The fraction of sp³-hybridized carbons (Fsp3) is 0.200. The van der Waals surface area contributed by atoms with Gasteiger partial charge in [0.15, 0.2) is 0 Å². The number of hydrogen-bond acceptors (Lipinski definition) is 2. The second-order valence-corrected chi connectivity index (χ2v) is 2.94. The van der Waals surface area contributed by atoms with Crippen LogP contribution >= 0.6 is 11.6 Å². The van der Waals surface area contributed by atoms with Gasteiger partial charge in [0.2, 0.25) is 0 Å². The quantitative estimate of drug-likeness (QED) is 0.529. The Balaban J connectivity index is 2.89. The molecule has 0 aliphatic rings. The first-order valence-corrected chi connectivity index (χ1v) is 4.26. The molecule has 13 heavy (non-hydrogen) atoms. The SMILES string of the molecule is Nc1ccc(Cl)cc1C#CCCO. The van der Waals surface area contributed by atoms with Gasteiger partial charge < -0.3 is 10.8 Å². The van der Waals surface area contributed by atoms with Crippen LogP contribution in [0.15, 0.2) is 18.2 Å². The van der Waals surface area contributed by atoms with E-state index in [2.05, 4.69) is 11.8 Å². The Labute approximate surface area is 82.3 Å². The molecule has 0 saturated carbocycles. The number of nitrogen functional groups attached to an aromatic ring is 1. The van der Waals surface area contributed by atoms with E-state index in [0.29, 0.717) is 22.7 Å². The van der Waals surface area contributed by atoms with Crippen molar-refractivity contribution in [3.05, 3.63) is 28.8 Å². The summed E-state index contributed by atoms with van der Waals surface area (Å²) in [6.45, 7) is 0.0630. The van der Waals surface area contributed by atoms with Crippen molar-refractivity contribution in [1.29, 1.82) is 0 Å². The third-order valence-electron chi connectivity index (χ3n) is 1.48. The lowest BCUT2D eigenvalue weighted by molar-refractivity contribution is 0.305. The summed E-state index contributed by atoms with van der Waals surface area (Å²) in [7, 11) is 0. The highest BCUT2D eigenvalue weighted by Crippen LogP contribution is 2.16. The first kappa shape index (κ1) is 9.91. The normalized spacial score (nSPS) is 9.08. The number of aliphatic hydroxyl groups excluding tert-OH is 1. The van der Waals surface area contributed by atoms with Gasteiger partial charge in [0, 0.05) is 22.7 Å². The molecule has 3 heteroatoms. The van der Waals surface area contributed by atoms with E-state index in [1.807, 2.05) is 0 Å². The smallest absolute Gasteiger partial charge is 0.0540 e. The third kappa shape index (κ3) is 2.98. The van der Waals surface area contributed by atoms with Gasteiger partial charge in [0.05, 0.1) is 6.61 Å². The van der Waals surface area contributed by atoms with E-state index >= 15 is 0 Å². The molecular weight excluding hydrogens is 186 g/mol. The number of halogens is 1. The van der Waals surface area contributed by atoms with Gasteiger partial charge >= 0.3 is 0 Å². The molecule has 0 amide bonds. The molecule has 0 aromatic heterocycles. The van der Waals surface area contributed by atoms with Crippen molar-refractivity contribution in [3.8, 4) is 11.8 Å². The maximum atomic E-state index is 8.51. The zero-order valence-corrected chi connectivity index (χ0v) is 7.80. The van der Waals surface area contributed by atoms with Crippen LogP contribution in [-0.2, 0) is 0 Å². The van der Waals surface area contributed by atoms with E-state index in [9.17, 15) is 0 Å². The minimum absolute atomic E-state index is 0.0630. The summed E-state index contributed by atoms with van der Waals surface area (Å²) < 4.78 is 0. The fourth-order valence-electron chi connectivity index (χ4n) is 0.850. The molecule has 1 aromatic rings. The monoisotopic (exact) mass is 195 g/mol. The van der Waals surface area contributed by atoms with Crippen LogP contribution in [0.2, 0.25) is 5.02 Å². The van der Waals surface area contributed by atoms with Crippen LogP contribution in [0.25, 0.3) is 0 Å². The maximum Gasteiger partial charge on any atom is 0.0540 e. The minimum Gasteiger partial charge on any atom is -0.398 e. The molecule has 0 heterocycles. The summed E-state index contributed by atoms with van der Waals surface area (Å²) in [5.41, 5.74) is 6.96. The third-order valence-corrected chi connectivity index (χ3v) is 1.71. The number of aliphatic hydroxyl groups is 1. The molecule has 0 bridgehead atoms. The lowest BCUT2D eigenvalue weighted by Crippen LogP contribution is -1.89. The summed E-state index contributed by atoms with van der Waals surface area (Å²) in [5, 5.41) is 9.12. The number of anilines is 1. The van der Waals surface area contributed by atoms with Crippen LogP contribution < -0.4 is 5.73 Å². The molecule has 0 unspecified atom stereocenters. The molecule has 0 aliphatic carbocycles. The highest BCUT2D eigenvalue weighted by Gasteiger charge is 1.95. The Hall–Kier alpha value is -1.17. The Morgan fingerprint density at radius 3 is 2.92 bits per heavy atom. The van der Waals surface area contributed by atoms with Crippen LogP contribution in [0.5, 0.6) is 0 Å². The molecule has 1 aromatic carbocycles. The Bertz CT molecular complexity index is 352. The van der Waals surface area contributed by atoms with Crippen LogP contribution in [0.4, 0.5) is 5.69 Å². The fourth-order valence-corrected chi connectivity index (χ4v) is 1.02. The maximum absolute atomic E-state index is 8.51. The van der Waals surface area contributed by atoms with Crippen molar-refractivity contribution in [2.45, 2.75) is 6.42 Å². The summed E-state index contributed by atoms with van der Waals surface area (Å²) in [4.78, 5) is 0. The number of nitrogens with two attached hydrogens (primary N) is 1. The predicted molar refractivity (Wildman–Crippen MR) is 54.4 cm³/mol. The molecule has 0 saturated heterocycles. The molecule has 0 aliphatic heterocycles. The highest BCUT2D eigenvalue weighted by atomic mass is 35.5.